The number of rotatable bonds is 4. The van der Waals surface area contributed by atoms with Gasteiger partial charge in [0, 0.05) is 31.6 Å². The first-order chi connectivity index (χ1) is 15.0. The molecule has 3 aliphatic rings. The van der Waals surface area contributed by atoms with Gasteiger partial charge in [-0.25, -0.2) is 4.98 Å². The van der Waals surface area contributed by atoms with Crippen molar-refractivity contribution >= 4 is 11.8 Å². The molecular formula is C24H30N4O3. The van der Waals surface area contributed by atoms with Crippen molar-refractivity contribution in [2.45, 2.75) is 51.1 Å². The molecule has 7 nitrogen and oxygen atoms in total. The van der Waals surface area contributed by atoms with Gasteiger partial charge < -0.3 is 19.5 Å². The normalized spacial score (nSPS) is 27.7. The van der Waals surface area contributed by atoms with Gasteiger partial charge in [-0.2, -0.15) is 0 Å². The number of piperidine rings is 3. The molecule has 1 N–H and O–H groups in total. The van der Waals surface area contributed by atoms with E-state index in [0.717, 1.165) is 37.3 Å². The van der Waals surface area contributed by atoms with E-state index >= 15 is 0 Å². The number of aromatic amines is 1. The van der Waals surface area contributed by atoms with E-state index in [1.54, 1.807) is 13.3 Å². The molecule has 2 bridgehead atoms. The molecule has 2 amide bonds. The Morgan fingerprint density at radius 1 is 1.29 bits per heavy atom. The van der Waals surface area contributed by atoms with Crippen molar-refractivity contribution in [1.29, 1.82) is 0 Å². The van der Waals surface area contributed by atoms with E-state index in [4.69, 9.17) is 4.74 Å². The standard InChI is InChI=1S/C24H30N4O3/c1-15-25-12-20(26-15)24(30)27-13-17-11-18(14-27)22(28-21(17)7-4-8-23(28)29)10-16-5-3-6-19(9-16)31-2/h3,5-6,9,12,17-18,21-22H,4,7-8,10-11,13-14H2,1-2H3,(H,25,26)/t17-,18+,21+,22+/m1/s1. The molecule has 2 aromatic rings. The lowest BCUT2D eigenvalue weighted by atomic mass is 9.70. The summed E-state index contributed by atoms with van der Waals surface area (Å²) in [7, 11) is 1.68. The molecule has 3 saturated heterocycles. The summed E-state index contributed by atoms with van der Waals surface area (Å²) in [6.45, 7) is 3.25. The lowest BCUT2D eigenvalue weighted by Gasteiger charge is -2.56. The molecule has 4 atom stereocenters. The largest absolute Gasteiger partial charge is 0.497 e. The molecule has 1 aromatic heterocycles. The molecule has 1 aromatic carbocycles. The number of ether oxygens (including phenoxy) is 1. The van der Waals surface area contributed by atoms with E-state index in [9.17, 15) is 9.59 Å². The summed E-state index contributed by atoms with van der Waals surface area (Å²) in [4.78, 5) is 37.7. The first-order valence-corrected chi connectivity index (χ1v) is 11.3. The van der Waals surface area contributed by atoms with Gasteiger partial charge in [0.05, 0.1) is 13.3 Å². The van der Waals surface area contributed by atoms with Gasteiger partial charge in [-0.05, 0) is 62.1 Å². The van der Waals surface area contributed by atoms with Crippen LogP contribution in [0, 0.1) is 18.8 Å². The lowest BCUT2D eigenvalue weighted by molar-refractivity contribution is -0.151. The fourth-order valence-electron chi connectivity index (χ4n) is 5.94. The molecule has 0 radical (unpaired) electrons. The maximum atomic E-state index is 13.2. The molecule has 0 saturated carbocycles. The third-order valence-corrected chi connectivity index (χ3v) is 7.30. The van der Waals surface area contributed by atoms with Crippen LogP contribution in [0.25, 0.3) is 0 Å². The zero-order valence-electron chi connectivity index (χ0n) is 18.2. The van der Waals surface area contributed by atoms with Crippen LogP contribution in [-0.4, -0.2) is 63.9 Å². The van der Waals surface area contributed by atoms with Crippen molar-refractivity contribution in [1.82, 2.24) is 19.8 Å². The van der Waals surface area contributed by atoms with E-state index in [0.29, 0.717) is 31.1 Å². The highest BCUT2D eigenvalue weighted by atomic mass is 16.5. The minimum Gasteiger partial charge on any atom is -0.497 e. The Balaban J connectivity index is 1.44. The molecule has 3 aliphatic heterocycles. The molecule has 7 heteroatoms. The van der Waals surface area contributed by atoms with Crippen LogP contribution in [-0.2, 0) is 11.2 Å². The Kier molecular flexibility index (Phi) is 5.20. The summed E-state index contributed by atoms with van der Waals surface area (Å²) in [5.74, 6) is 2.51. The number of amides is 2. The summed E-state index contributed by atoms with van der Waals surface area (Å²) < 4.78 is 5.41. The van der Waals surface area contributed by atoms with Crippen molar-refractivity contribution in [3.8, 4) is 5.75 Å². The predicted molar refractivity (Wildman–Crippen MR) is 116 cm³/mol. The molecule has 164 valence electrons. The third-order valence-electron chi connectivity index (χ3n) is 7.30. The van der Waals surface area contributed by atoms with Gasteiger partial charge in [0.1, 0.15) is 17.3 Å². The lowest BCUT2D eigenvalue weighted by Crippen LogP contribution is -2.66. The molecule has 0 unspecified atom stereocenters. The molecule has 4 heterocycles. The van der Waals surface area contributed by atoms with Crippen molar-refractivity contribution in [3.63, 3.8) is 0 Å². The number of methoxy groups -OCH3 is 1. The number of benzene rings is 1. The van der Waals surface area contributed by atoms with E-state index in [1.807, 2.05) is 24.0 Å². The molecular weight excluding hydrogens is 392 g/mol. The Hall–Kier alpha value is -2.83. The second-order valence-electron chi connectivity index (χ2n) is 9.23. The Bertz CT molecular complexity index is 987. The summed E-state index contributed by atoms with van der Waals surface area (Å²) >= 11 is 0. The van der Waals surface area contributed by atoms with E-state index in [1.165, 1.54) is 5.56 Å². The van der Waals surface area contributed by atoms with Crippen LogP contribution in [0.4, 0.5) is 0 Å². The van der Waals surface area contributed by atoms with Crippen LogP contribution >= 0.6 is 0 Å². The minimum absolute atomic E-state index is 0.0195. The fourth-order valence-corrected chi connectivity index (χ4v) is 5.94. The van der Waals surface area contributed by atoms with Gasteiger partial charge in [-0.3, -0.25) is 9.59 Å². The average Bonchev–Trinajstić information content (AvgIpc) is 3.22. The number of fused-ring (bicyclic) bond motifs is 4. The summed E-state index contributed by atoms with van der Waals surface area (Å²) in [5.41, 5.74) is 1.73. The summed E-state index contributed by atoms with van der Waals surface area (Å²) in [6, 6.07) is 8.47. The highest BCUT2D eigenvalue weighted by molar-refractivity contribution is 5.92. The van der Waals surface area contributed by atoms with Crippen LogP contribution in [0.1, 0.15) is 47.6 Å². The van der Waals surface area contributed by atoms with Crippen LogP contribution in [0.2, 0.25) is 0 Å². The maximum Gasteiger partial charge on any atom is 0.271 e. The fraction of sp³-hybridized carbons (Fsp3) is 0.542. The number of likely N-dealkylation sites (tertiary alicyclic amines) is 1. The molecule has 3 fully saturated rings. The molecule has 0 spiro atoms. The highest BCUT2D eigenvalue weighted by Gasteiger charge is 2.50. The minimum atomic E-state index is 0.0195. The number of aromatic nitrogens is 2. The monoisotopic (exact) mass is 422 g/mol. The Morgan fingerprint density at radius 2 is 2.13 bits per heavy atom. The van der Waals surface area contributed by atoms with Crippen LogP contribution in [0.15, 0.2) is 30.5 Å². The first-order valence-electron chi connectivity index (χ1n) is 11.3. The number of carbonyl (C=O) groups excluding carboxylic acids is 2. The summed E-state index contributed by atoms with van der Waals surface area (Å²) in [5, 5.41) is 0. The molecule has 5 rings (SSSR count). The number of aryl methyl sites for hydroxylation is 1. The smallest absolute Gasteiger partial charge is 0.271 e. The molecule has 0 aliphatic carbocycles. The van der Waals surface area contributed by atoms with Crippen molar-refractivity contribution in [2.24, 2.45) is 11.8 Å². The van der Waals surface area contributed by atoms with Crippen molar-refractivity contribution in [3.05, 3.63) is 47.5 Å². The van der Waals surface area contributed by atoms with E-state index in [-0.39, 0.29) is 29.8 Å². The van der Waals surface area contributed by atoms with Gasteiger partial charge in [0.2, 0.25) is 5.91 Å². The van der Waals surface area contributed by atoms with Crippen LogP contribution in [0.3, 0.4) is 0 Å². The van der Waals surface area contributed by atoms with Crippen LogP contribution < -0.4 is 4.74 Å². The van der Waals surface area contributed by atoms with Crippen molar-refractivity contribution < 1.29 is 14.3 Å². The second kappa shape index (κ2) is 8.02. The van der Waals surface area contributed by atoms with Gasteiger partial charge >= 0.3 is 0 Å². The van der Waals surface area contributed by atoms with Crippen LogP contribution in [0.5, 0.6) is 5.75 Å². The van der Waals surface area contributed by atoms with E-state index in [2.05, 4.69) is 27.0 Å². The number of carbonyl (C=O) groups is 2. The zero-order valence-corrected chi connectivity index (χ0v) is 18.2. The van der Waals surface area contributed by atoms with E-state index < -0.39 is 0 Å². The van der Waals surface area contributed by atoms with Gasteiger partial charge in [0.15, 0.2) is 0 Å². The quantitative estimate of drug-likeness (QED) is 0.822. The molecule has 31 heavy (non-hydrogen) atoms. The Morgan fingerprint density at radius 3 is 2.90 bits per heavy atom. The van der Waals surface area contributed by atoms with Crippen molar-refractivity contribution in [2.75, 3.05) is 20.2 Å². The number of hydrogen-bond acceptors (Lipinski definition) is 4. The van der Waals surface area contributed by atoms with Gasteiger partial charge in [0.25, 0.3) is 5.91 Å². The van der Waals surface area contributed by atoms with Gasteiger partial charge in [-0.1, -0.05) is 12.1 Å². The number of H-pyrrole nitrogens is 1. The number of nitrogens with zero attached hydrogens (tertiary/aromatic N) is 3. The third kappa shape index (κ3) is 3.70. The maximum absolute atomic E-state index is 13.2. The summed E-state index contributed by atoms with van der Waals surface area (Å²) in [6.07, 6.45) is 6.12. The highest BCUT2D eigenvalue weighted by Crippen LogP contribution is 2.43. The predicted octanol–water partition coefficient (Wildman–Crippen LogP) is 2.81. The SMILES string of the molecule is COc1cccc(C[C@H]2[C@H]3C[C@H](CN(C(=O)c4cnc(C)[nH]4)C3)[C@@H]3CCCC(=O)N32)c1. The number of nitrogens with one attached hydrogen (secondary N) is 1. The van der Waals surface area contributed by atoms with Gasteiger partial charge in [-0.15, -0.1) is 0 Å². The number of hydrogen-bond donors (Lipinski definition) is 1. The first kappa shape index (κ1) is 20.1. The topological polar surface area (TPSA) is 78.5 Å². The zero-order chi connectivity index (χ0) is 21.5. The Labute approximate surface area is 182 Å². The second-order valence-corrected chi connectivity index (χ2v) is 9.23. The number of imidazole rings is 1. The average molecular weight is 423 g/mol.